The number of aromatic hydroxyl groups is 1. The van der Waals surface area contributed by atoms with Crippen LogP contribution in [0.25, 0.3) is 0 Å². The number of phenols is 1. The lowest BCUT2D eigenvalue weighted by atomic mass is 9.76. The van der Waals surface area contributed by atoms with Gasteiger partial charge >= 0.3 is 7.12 Å². The Bertz CT molecular complexity index is 924. The minimum absolute atomic E-state index is 0.0165. The Morgan fingerprint density at radius 2 is 1.67 bits per heavy atom. The minimum atomic E-state index is -1.83. The molecule has 2 amide bonds. The monoisotopic (exact) mass is 412 g/mol. The number of amides is 2. The second kappa shape index (κ2) is 9.32. The van der Waals surface area contributed by atoms with Crippen LogP contribution in [0.15, 0.2) is 42.5 Å². The van der Waals surface area contributed by atoms with Crippen molar-refractivity contribution in [1.82, 2.24) is 10.4 Å². The van der Waals surface area contributed by atoms with Crippen molar-refractivity contribution < 1.29 is 24.7 Å². The van der Waals surface area contributed by atoms with E-state index >= 15 is 0 Å². The van der Waals surface area contributed by atoms with Gasteiger partial charge in [-0.15, -0.1) is 0 Å². The Balaban J connectivity index is 2.52. The smallest absolute Gasteiger partial charge is 0.489 e. The molecule has 8 heteroatoms. The van der Waals surface area contributed by atoms with Crippen molar-refractivity contribution in [3.8, 4) is 5.75 Å². The van der Waals surface area contributed by atoms with Crippen LogP contribution in [-0.2, 0) is 0 Å². The van der Waals surface area contributed by atoms with Gasteiger partial charge in [0.1, 0.15) is 5.75 Å². The van der Waals surface area contributed by atoms with Gasteiger partial charge in [0.15, 0.2) is 0 Å². The molecule has 0 saturated heterocycles. The number of benzene rings is 2. The van der Waals surface area contributed by atoms with Crippen LogP contribution in [0.2, 0.25) is 0 Å². The fourth-order valence-electron chi connectivity index (χ4n) is 3.54. The molecule has 2 rings (SSSR count). The molecule has 0 spiro atoms. The molecule has 0 aromatic heterocycles. The third-order valence-electron chi connectivity index (χ3n) is 5.16. The van der Waals surface area contributed by atoms with Gasteiger partial charge in [0.25, 0.3) is 11.8 Å². The normalized spacial score (nSPS) is 12.2. The number of phenolic OH excluding ortho intramolecular Hbond substituents is 1. The summed E-state index contributed by atoms with van der Waals surface area (Å²) in [6.07, 6.45) is 0.554. The second-order valence-corrected chi connectivity index (χ2v) is 8.32. The molecule has 0 radical (unpaired) electrons. The SMILES string of the molecule is CCC(N(NC(=O)c1cccc(O)c1C)C(=O)c1ccccc1B(O)O)C(C)(C)C. The lowest BCUT2D eigenvalue weighted by molar-refractivity contribution is 0.0285. The van der Waals surface area contributed by atoms with Gasteiger partial charge in [-0.1, -0.05) is 52.0 Å². The van der Waals surface area contributed by atoms with Gasteiger partial charge in [-0.2, -0.15) is 0 Å². The summed E-state index contributed by atoms with van der Waals surface area (Å²) in [7, 11) is -1.83. The molecule has 30 heavy (non-hydrogen) atoms. The van der Waals surface area contributed by atoms with Gasteiger partial charge in [-0.3, -0.25) is 15.0 Å². The number of nitrogens with zero attached hydrogens (tertiary/aromatic N) is 1. The van der Waals surface area contributed by atoms with E-state index in [-0.39, 0.29) is 33.8 Å². The quantitative estimate of drug-likeness (QED) is 0.444. The highest BCUT2D eigenvalue weighted by molar-refractivity contribution is 6.60. The Hall–Kier alpha value is -2.84. The Morgan fingerprint density at radius 3 is 2.23 bits per heavy atom. The molecule has 0 fully saturated rings. The minimum Gasteiger partial charge on any atom is -0.508 e. The largest absolute Gasteiger partial charge is 0.508 e. The van der Waals surface area contributed by atoms with E-state index in [0.29, 0.717) is 12.0 Å². The molecule has 7 nitrogen and oxygen atoms in total. The van der Waals surface area contributed by atoms with Crippen molar-refractivity contribution in [3.63, 3.8) is 0 Å². The first-order valence-corrected chi connectivity index (χ1v) is 9.87. The predicted octanol–water partition coefficient (Wildman–Crippen LogP) is 1.99. The number of hydrogen-bond acceptors (Lipinski definition) is 5. The average molecular weight is 412 g/mol. The van der Waals surface area contributed by atoms with Gasteiger partial charge in [0.2, 0.25) is 0 Å². The summed E-state index contributed by atoms with van der Waals surface area (Å²) in [5, 5.41) is 30.6. The molecular formula is C22H29BN2O5. The lowest BCUT2D eigenvalue weighted by Crippen LogP contribution is -2.57. The maximum atomic E-state index is 13.5. The van der Waals surface area contributed by atoms with Gasteiger partial charge in [-0.05, 0) is 42.4 Å². The van der Waals surface area contributed by atoms with Crippen LogP contribution in [0.4, 0.5) is 0 Å². The maximum Gasteiger partial charge on any atom is 0.489 e. The topological polar surface area (TPSA) is 110 Å². The van der Waals surface area contributed by atoms with Gasteiger partial charge in [0.05, 0.1) is 6.04 Å². The van der Waals surface area contributed by atoms with Gasteiger partial charge in [-0.25, -0.2) is 5.01 Å². The number of hydrogen-bond donors (Lipinski definition) is 4. The van der Waals surface area contributed by atoms with E-state index in [2.05, 4.69) is 5.43 Å². The van der Waals surface area contributed by atoms with E-state index < -0.39 is 18.9 Å². The van der Waals surface area contributed by atoms with Gasteiger partial charge < -0.3 is 15.2 Å². The van der Waals surface area contributed by atoms with E-state index in [1.807, 2.05) is 27.7 Å². The van der Waals surface area contributed by atoms with E-state index in [4.69, 9.17) is 0 Å². The van der Waals surface area contributed by atoms with Crippen LogP contribution in [0.3, 0.4) is 0 Å². The molecule has 0 aliphatic carbocycles. The molecule has 0 aliphatic heterocycles. The van der Waals surface area contributed by atoms with E-state index in [0.717, 1.165) is 0 Å². The number of rotatable bonds is 5. The molecule has 0 aliphatic rings. The Morgan fingerprint density at radius 1 is 1.07 bits per heavy atom. The van der Waals surface area contributed by atoms with Gasteiger partial charge in [0, 0.05) is 16.7 Å². The highest BCUT2D eigenvalue weighted by Gasteiger charge is 2.36. The molecule has 160 valence electrons. The van der Waals surface area contributed by atoms with Crippen molar-refractivity contribution in [2.75, 3.05) is 0 Å². The number of carbonyl (C=O) groups is 2. The zero-order valence-corrected chi connectivity index (χ0v) is 18.0. The van der Waals surface area contributed by atoms with Crippen LogP contribution in [0.5, 0.6) is 5.75 Å². The highest BCUT2D eigenvalue weighted by atomic mass is 16.4. The van der Waals surface area contributed by atoms with E-state index in [1.165, 1.54) is 23.2 Å². The number of carbonyl (C=O) groups excluding carboxylic acids is 2. The fourth-order valence-corrected chi connectivity index (χ4v) is 3.54. The Labute approximate surface area is 177 Å². The summed E-state index contributed by atoms with van der Waals surface area (Å²) in [5.41, 5.74) is 3.10. The summed E-state index contributed by atoms with van der Waals surface area (Å²) in [4.78, 5) is 26.5. The first-order valence-electron chi connectivity index (χ1n) is 9.87. The molecule has 1 unspecified atom stereocenters. The average Bonchev–Trinajstić information content (AvgIpc) is 2.68. The van der Waals surface area contributed by atoms with Crippen LogP contribution >= 0.6 is 0 Å². The summed E-state index contributed by atoms with van der Waals surface area (Å²) in [6.45, 7) is 9.41. The fraction of sp³-hybridized carbons (Fsp3) is 0.364. The van der Waals surface area contributed by atoms with Crippen molar-refractivity contribution in [2.45, 2.75) is 47.1 Å². The van der Waals surface area contributed by atoms with Crippen molar-refractivity contribution in [1.29, 1.82) is 0 Å². The van der Waals surface area contributed by atoms with E-state index in [9.17, 15) is 24.7 Å². The summed E-state index contributed by atoms with van der Waals surface area (Å²) in [5.74, 6) is -1.11. The molecule has 0 heterocycles. The summed E-state index contributed by atoms with van der Waals surface area (Å²) >= 11 is 0. The molecular weight excluding hydrogens is 383 g/mol. The van der Waals surface area contributed by atoms with Crippen LogP contribution in [-0.4, -0.2) is 45.1 Å². The highest BCUT2D eigenvalue weighted by Crippen LogP contribution is 2.28. The standard InChI is InChI=1S/C22H29BN2O5/c1-6-19(22(3,4)5)25(21(28)16-10-7-8-12-17(16)23(29)30)24-20(27)15-11-9-13-18(26)14(15)2/h7-13,19,26,29-30H,6H2,1-5H3,(H,24,27). The molecule has 0 saturated carbocycles. The zero-order valence-electron chi connectivity index (χ0n) is 18.0. The second-order valence-electron chi connectivity index (χ2n) is 8.32. The third-order valence-corrected chi connectivity index (χ3v) is 5.16. The zero-order chi connectivity index (χ0) is 22.6. The number of nitrogens with one attached hydrogen (secondary N) is 1. The molecule has 0 bridgehead atoms. The maximum absolute atomic E-state index is 13.5. The molecule has 2 aromatic rings. The molecule has 4 N–H and O–H groups in total. The first-order chi connectivity index (χ1) is 14.0. The lowest BCUT2D eigenvalue weighted by Gasteiger charge is -2.39. The first kappa shape index (κ1) is 23.4. The number of hydrazine groups is 1. The predicted molar refractivity (Wildman–Crippen MR) is 116 cm³/mol. The van der Waals surface area contributed by atoms with Crippen molar-refractivity contribution in [2.24, 2.45) is 5.41 Å². The third kappa shape index (κ3) is 5.01. The summed E-state index contributed by atoms with van der Waals surface area (Å²) in [6, 6.07) is 10.4. The van der Waals surface area contributed by atoms with Crippen molar-refractivity contribution in [3.05, 3.63) is 59.2 Å². The molecule has 1 atom stereocenters. The Kier molecular flexibility index (Phi) is 7.28. The molecule has 2 aromatic carbocycles. The van der Waals surface area contributed by atoms with Crippen LogP contribution in [0, 0.1) is 12.3 Å². The van der Waals surface area contributed by atoms with Crippen LogP contribution < -0.4 is 10.9 Å². The van der Waals surface area contributed by atoms with E-state index in [1.54, 1.807) is 31.2 Å². The van der Waals surface area contributed by atoms with Crippen molar-refractivity contribution >= 4 is 24.4 Å². The summed E-state index contributed by atoms with van der Waals surface area (Å²) < 4.78 is 0. The van der Waals surface area contributed by atoms with Crippen LogP contribution in [0.1, 0.15) is 60.4 Å².